The Kier molecular flexibility index (Phi) is 6.69. The zero-order valence-electron chi connectivity index (χ0n) is 14.9. The van der Waals surface area contributed by atoms with Gasteiger partial charge in [0.25, 0.3) is 11.8 Å². The summed E-state index contributed by atoms with van der Waals surface area (Å²) >= 11 is 12.0. The lowest BCUT2D eigenvalue weighted by atomic mass is 10.2. The first kappa shape index (κ1) is 22.1. The smallest absolute Gasteiger partial charge is 0.416 e. The van der Waals surface area contributed by atoms with E-state index >= 15 is 0 Å². The van der Waals surface area contributed by atoms with Crippen LogP contribution in [0, 0.1) is 0 Å². The summed E-state index contributed by atoms with van der Waals surface area (Å²) < 4.78 is 44.1. The normalized spacial score (nSPS) is 15.3. The maximum absolute atomic E-state index is 12.8. The van der Waals surface area contributed by atoms with E-state index in [2.05, 4.69) is 10.6 Å². The van der Waals surface area contributed by atoms with E-state index in [9.17, 15) is 22.8 Å². The first-order chi connectivity index (χ1) is 14.1. The Morgan fingerprint density at radius 3 is 2.70 bits per heavy atom. The van der Waals surface area contributed by atoms with Gasteiger partial charge in [-0.15, -0.1) is 0 Å². The third kappa shape index (κ3) is 5.74. The van der Waals surface area contributed by atoms with Crippen LogP contribution in [0.15, 0.2) is 47.4 Å². The van der Waals surface area contributed by atoms with E-state index in [4.69, 9.17) is 28.6 Å². The number of rotatable bonds is 5. The van der Waals surface area contributed by atoms with Gasteiger partial charge in [-0.25, -0.2) is 0 Å². The molecule has 1 fully saturated rings. The number of benzene rings is 2. The van der Waals surface area contributed by atoms with E-state index in [0.29, 0.717) is 19.8 Å². The summed E-state index contributed by atoms with van der Waals surface area (Å²) in [6, 6.07) is 8.86. The lowest BCUT2D eigenvalue weighted by molar-refractivity contribution is -0.137. The fourth-order valence-corrected chi connectivity index (χ4v) is 3.66. The minimum Gasteiger partial charge on any atom is -0.483 e. The Balaban J connectivity index is 1.70. The first-order valence-electron chi connectivity index (χ1n) is 8.26. The molecule has 2 aromatic rings. The maximum atomic E-state index is 12.8. The van der Waals surface area contributed by atoms with E-state index < -0.39 is 24.3 Å². The first-order valence-corrected chi connectivity index (χ1v) is 9.86. The van der Waals surface area contributed by atoms with Gasteiger partial charge < -0.3 is 15.4 Å². The van der Waals surface area contributed by atoms with Crippen molar-refractivity contribution in [2.24, 2.45) is 0 Å². The molecule has 3 rings (SSSR count). The van der Waals surface area contributed by atoms with E-state index in [1.807, 2.05) is 0 Å². The van der Waals surface area contributed by atoms with Crippen LogP contribution in [-0.2, 0) is 15.8 Å². The van der Waals surface area contributed by atoms with Crippen LogP contribution in [0.3, 0.4) is 0 Å². The van der Waals surface area contributed by atoms with Crippen LogP contribution >= 0.6 is 35.6 Å². The van der Waals surface area contributed by atoms with Crippen molar-refractivity contribution >= 4 is 63.5 Å². The zero-order valence-corrected chi connectivity index (χ0v) is 17.3. The second-order valence-corrected chi connectivity index (χ2v) is 8.11. The number of alkyl halides is 3. The van der Waals surface area contributed by atoms with Crippen molar-refractivity contribution in [3.8, 4) is 5.75 Å². The van der Waals surface area contributed by atoms with E-state index in [-0.39, 0.29) is 17.3 Å². The number of nitrogens with one attached hydrogen (secondary N) is 2. The molecular formula is C19H12ClF3N2O3S2. The number of hydrogen-bond acceptors (Lipinski definition) is 5. The Morgan fingerprint density at radius 1 is 1.27 bits per heavy atom. The molecule has 1 heterocycles. The van der Waals surface area contributed by atoms with Crippen LogP contribution in [0.2, 0.25) is 5.02 Å². The van der Waals surface area contributed by atoms with E-state index in [0.717, 1.165) is 23.9 Å². The molecule has 0 radical (unpaired) electrons. The highest BCUT2D eigenvalue weighted by Gasteiger charge is 2.30. The highest BCUT2D eigenvalue weighted by atomic mass is 35.5. The molecule has 30 heavy (non-hydrogen) atoms. The SMILES string of the molecule is O=C(COc1ccc(Cl)cc1/C=C1\SC(=S)NC1=O)Nc1cccc(C(F)(F)F)c1. The standard InChI is InChI=1S/C19H12ClF3N2O3S2/c20-12-4-5-14(10(6-12)7-15-17(27)25-18(29)30-15)28-9-16(26)24-13-3-1-2-11(8-13)19(21,22)23/h1-8H,9H2,(H,24,26)(H,25,27,29)/b15-7-. The number of amides is 2. The number of anilines is 1. The summed E-state index contributed by atoms with van der Waals surface area (Å²) in [4.78, 5) is 24.3. The predicted molar refractivity (Wildman–Crippen MR) is 113 cm³/mol. The van der Waals surface area contributed by atoms with E-state index in [1.54, 1.807) is 6.07 Å². The van der Waals surface area contributed by atoms with Crippen molar-refractivity contribution in [2.75, 3.05) is 11.9 Å². The fourth-order valence-electron chi connectivity index (χ4n) is 2.44. The number of thioether (sulfide) groups is 1. The quantitative estimate of drug-likeness (QED) is 0.480. The molecule has 0 unspecified atom stereocenters. The molecule has 2 aromatic carbocycles. The molecule has 156 valence electrons. The molecule has 2 amide bonds. The number of carbonyl (C=O) groups is 2. The molecule has 0 saturated carbocycles. The van der Waals surface area contributed by atoms with Crippen LogP contribution in [-0.4, -0.2) is 22.7 Å². The van der Waals surface area contributed by atoms with Crippen LogP contribution in [0.5, 0.6) is 5.75 Å². The van der Waals surface area contributed by atoms with Crippen LogP contribution in [0.4, 0.5) is 18.9 Å². The Labute approximate surface area is 183 Å². The van der Waals surface area contributed by atoms with Gasteiger partial charge in [0, 0.05) is 16.3 Å². The number of halogens is 4. The van der Waals surface area contributed by atoms with Gasteiger partial charge in [0.05, 0.1) is 10.5 Å². The molecule has 0 aromatic heterocycles. The lowest BCUT2D eigenvalue weighted by Gasteiger charge is -2.12. The molecule has 11 heteroatoms. The summed E-state index contributed by atoms with van der Waals surface area (Å²) in [5, 5.41) is 5.22. The van der Waals surface area contributed by atoms with Crippen molar-refractivity contribution in [2.45, 2.75) is 6.18 Å². The predicted octanol–water partition coefficient (Wildman–Crippen LogP) is 4.87. The molecular weight excluding hydrogens is 461 g/mol. The van der Waals surface area contributed by atoms with Crippen molar-refractivity contribution in [1.29, 1.82) is 0 Å². The van der Waals surface area contributed by atoms with Crippen molar-refractivity contribution in [3.05, 3.63) is 63.5 Å². The van der Waals surface area contributed by atoms with Gasteiger partial charge in [0.1, 0.15) is 10.1 Å². The van der Waals surface area contributed by atoms with Gasteiger partial charge in [-0.1, -0.05) is 41.6 Å². The molecule has 1 aliphatic heterocycles. The summed E-state index contributed by atoms with van der Waals surface area (Å²) in [7, 11) is 0. The molecule has 0 bridgehead atoms. The van der Waals surface area contributed by atoms with Gasteiger partial charge in [0.15, 0.2) is 6.61 Å². The highest BCUT2D eigenvalue weighted by molar-refractivity contribution is 8.26. The average molecular weight is 473 g/mol. The summed E-state index contributed by atoms with van der Waals surface area (Å²) in [5.74, 6) is -0.757. The van der Waals surface area contributed by atoms with Gasteiger partial charge in [0.2, 0.25) is 0 Å². The van der Waals surface area contributed by atoms with Crippen LogP contribution in [0.25, 0.3) is 6.08 Å². The monoisotopic (exact) mass is 472 g/mol. The lowest BCUT2D eigenvalue weighted by Crippen LogP contribution is -2.20. The maximum Gasteiger partial charge on any atom is 0.416 e. The van der Waals surface area contributed by atoms with Crippen molar-refractivity contribution in [1.82, 2.24) is 5.32 Å². The topological polar surface area (TPSA) is 67.4 Å². The highest BCUT2D eigenvalue weighted by Crippen LogP contribution is 2.32. The summed E-state index contributed by atoms with van der Waals surface area (Å²) in [5.41, 5.74) is -0.445. The number of carbonyl (C=O) groups excluding carboxylic acids is 2. The summed E-state index contributed by atoms with van der Waals surface area (Å²) in [6.45, 7) is -0.466. The van der Waals surface area contributed by atoms with Gasteiger partial charge >= 0.3 is 6.18 Å². The Morgan fingerprint density at radius 2 is 2.03 bits per heavy atom. The van der Waals surface area contributed by atoms with Gasteiger partial charge in [-0.05, 0) is 42.5 Å². The molecule has 2 N–H and O–H groups in total. The van der Waals surface area contributed by atoms with Gasteiger partial charge in [-0.3, -0.25) is 9.59 Å². The molecule has 0 atom stereocenters. The Hall–Kier alpha value is -2.56. The summed E-state index contributed by atoms with van der Waals surface area (Å²) in [6.07, 6.45) is -3.00. The molecule has 1 saturated heterocycles. The van der Waals surface area contributed by atoms with Gasteiger partial charge in [-0.2, -0.15) is 13.2 Å². The minimum atomic E-state index is -4.52. The van der Waals surface area contributed by atoms with E-state index in [1.165, 1.54) is 30.3 Å². The van der Waals surface area contributed by atoms with Crippen molar-refractivity contribution < 1.29 is 27.5 Å². The Bertz CT molecular complexity index is 1060. The number of ether oxygens (including phenoxy) is 1. The largest absolute Gasteiger partial charge is 0.483 e. The molecule has 0 spiro atoms. The van der Waals surface area contributed by atoms with Crippen LogP contribution in [0.1, 0.15) is 11.1 Å². The number of thiocarbonyl (C=S) groups is 1. The number of hydrogen-bond donors (Lipinski definition) is 2. The minimum absolute atomic E-state index is 0.00980. The fraction of sp³-hybridized carbons (Fsp3) is 0.105. The average Bonchev–Trinajstić information content (AvgIpc) is 2.97. The van der Waals surface area contributed by atoms with Crippen molar-refractivity contribution in [3.63, 3.8) is 0 Å². The third-order valence-electron chi connectivity index (χ3n) is 3.73. The second-order valence-electron chi connectivity index (χ2n) is 5.95. The zero-order chi connectivity index (χ0) is 21.9. The molecule has 5 nitrogen and oxygen atoms in total. The molecule has 0 aliphatic carbocycles. The molecule has 1 aliphatic rings. The third-order valence-corrected chi connectivity index (χ3v) is 5.13. The second kappa shape index (κ2) is 9.07. The van der Waals surface area contributed by atoms with Crippen LogP contribution < -0.4 is 15.4 Å².